The Morgan fingerprint density at radius 2 is 1.86 bits per heavy atom. The Morgan fingerprint density at radius 3 is 2.64 bits per heavy atom. The van der Waals surface area contributed by atoms with Gasteiger partial charge in [0.1, 0.15) is 13.2 Å². The van der Waals surface area contributed by atoms with Crippen LogP contribution in [0.2, 0.25) is 0 Å². The van der Waals surface area contributed by atoms with E-state index in [9.17, 15) is 4.79 Å². The molecule has 1 saturated carbocycles. The first-order chi connectivity index (χ1) is 10.7. The molecule has 1 heterocycles. The highest BCUT2D eigenvalue weighted by Crippen LogP contribution is 2.31. The van der Waals surface area contributed by atoms with Gasteiger partial charge in [-0.2, -0.15) is 0 Å². The first kappa shape index (κ1) is 15.2. The molecule has 0 unspecified atom stereocenters. The van der Waals surface area contributed by atoms with Crippen molar-refractivity contribution in [3.8, 4) is 11.5 Å². The maximum atomic E-state index is 12.3. The maximum absolute atomic E-state index is 12.3. The molecule has 0 radical (unpaired) electrons. The summed E-state index contributed by atoms with van der Waals surface area (Å²) in [4.78, 5) is 12.3. The van der Waals surface area contributed by atoms with Crippen LogP contribution < -0.4 is 20.5 Å². The van der Waals surface area contributed by atoms with Crippen molar-refractivity contribution in [3.63, 3.8) is 0 Å². The lowest BCUT2D eigenvalue weighted by atomic mass is 9.82. The first-order valence-corrected chi connectivity index (χ1v) is 8.13. The molecule has 1 fully saturated rings. The molecular weight excluding hydrogens is 280 g/mol. The van der Waals surface area contributed by atoms with Crippen molar-refractivity contribution < 1.29 is 14.3 Å². The van der Waals surface area contributed by atoms with Crippen molar-refractivity contribution in [2.75, 3.05) is 19.8 Å². The molecule has 3 N–H and O–H groups in total. The van der Waals surface area contributed by atoms with E-state index in [1.807, 2.05) is 18.2 Å². The van der Waals surface area contributed by atoms with Crippen molar-refractivity contribution in [1.29, 1.82) is 0 Å². The molecule has 22 heavy (non-hydrogen) atoms. The normalized spacial score (nSPS) is 19.5. The Kier molecular flexibility index (Phi) is 4.52. The van der Waals surface area contributed by atoms with Gasteiger partial charge in [0.15, 0.2) is 11.5 Å². The Balaban J connectivity index is 1.51. The largest absolute Gasteiger partial charge is 0.486 e. The van der Waals surface area contributed by atoms with Crippen LogP contribution in [0.3, 0.4) is 0 Å². The number of hydrogen-bond donors (Lipinski definition) is 2. The topological polar surface area (TPSA) is 73.6 Å². The number of fused-ring (bicyclic) bond motifs is 1. The molecule has 0 bridgehead atoms. The standard InChI is InChI=1S/C17H24N2O3/c18-17(7-2-1-3-8-17)16(20)19-9-6-13-4-5-14-15(12-13)22-11-10-21-14/h4-5,12H,1-3,6-11,18H2,(H,19,20). The predicted molar refractivity (Wildman–Crippen MR) is 84.1 cm³/mol. The fourth-order valence-electron chi connectivity index (χ4n) is 3.15. The molecule has 5 nitrogen and oxygen atoms in total. The zero-order valence-corrected chi connectivity index (χ0v) is 12.9. The van der Waals surface area contributed by atoms with E-state index in [1.54, 1.807) is 0 Å². The molecule has 3 rings (SSSR count). The third-order valence-corrected chi connectivity index (χ3v) is 4.50. The number of carbonyl (C=O) groups excluding carboxylic acids is 1. The Morgan fingerprint density at radius 1 is 1.14 bits per heavy atom. The molecule has 0 aromatic heterocycles. The van der Waals surface area contributed by atoms with E-state index in [-0.39, 0.29) is 5.91 Å². The quantitative estimate of drug-likeness (QED) is 0.889. The smallest absolute Gasteiger partial charge is 0.240 e. The first-order valence-electron chi connectivity index (χ1n) is 8.13. The van der Waals surface area contributed by atoms with E-state index in [0.717, 1.165) is 49.2 Å². The highest BCUT2D eigenvalue weighted by atomic mass is 16.6. The molecule has 1 aromatic carbocycles. The molecule has 0 saturated heterocycles. The van der Waals surface area contributed by atoms with E-state index in [0.29, 0.717) is 19.8 Å². The van der Waals surface area contributed by atoms with E-state index < -0.39 is 5.54 Å². The van der Waals surface area contributed by atoms with Crippen molar-refractivity contribution in [2.45, 2.75) is 44.1 Å². The van der Waals surface area contributed by atoms with E-state index in [2.05, 4.69) is 5.32 Å². The highest BCUT2D eigenvalue weighted by molar-refractivity contribution is 5.86. The minimum atomic E-state index is -0.662. The number of amides is 1. The molecule has 2 aliphatic rings. The number of benzene rings is 1. The van der Waals surface area contributed by atoms with Crippen LogP contribution >= 0.6 is 0 Å². The zero-order valence-electron chi connectivity index (χ0n) is 12.9. The van der Waals surface area contributed by atoms with Crippen molar-refractivity contribution in [3.05, 3.63) is 23.8 Å². The predicted octanol–water partition coefficient (Wildman–Crippen LogP) is 1.78. The van der Waals surface area contributed by atoms with Crippen LogP contribution in [-0.2, 0) is 11.2 Å². The van der Waals surface area contributed by atoms with Gasteiger partial charge >= 0.3 is 0 Å². The minimum absolute atomic E-state index is 0.00950. The summed E-state index contributed by atoms with van der Waals surface area (Å²) in [6.45, 7) is 1.78. The van der Waals surface area contributed by atoms with Crippen molar-refractivity contribution in [2.24, 2.45) is 5.73 Å². The summed E-state index contributed by atoms with van der Waals surface area (Å²) < 4.78 is 11.1. The van der Waals surface area contributed by atoms with Crippen LogP contribution in [0.5, 0.6) is 11.5 Å². The van der Waals surface area contributed by atoms with Crippen LogP contribution in [0.25, 0.3) is 0 Å². The summed E-state index contributed by atoms with van der Waals surface area (Å²) in [5.41, 5.74) is 6.69. The monoisotopic (exact) mass is 304 g/mol. The number of nitrogens with two attached hydrogens (primary N) is 1. The van der Waals surface area contributed by atoms with Crippen LogP contribution in [0.4, 0.5) is 0 Å². The highest BCUT2D eigenvalue weighted by Gasteiger charge is 2.34. The summed E-state index contributed by atoms with van der Waals surface area (Å²) >= 11 is 0. The lowest BCUT2D eigenvalue weighted by Crippen LogP contribution is -2.55. The van der Waals surface area contributed by atoms with Gasteiger partial charge in [-0.25, -0.2) is 0 Å². The van der Waals surface area contributed by atoms with Crippen LogP contribution in [0.1, 0.15) is 37.7 Å². The summed E-state index contributed by atoms with van der Waals surface area (Å²) in [6, 6.07) is 5.93. The van der Waals surface area contributed by atoms with E-state index in [1.165, 1.54) is 6.42 Å². The summed E-state index contributed by atoms with van der Waals surface area (Å²) in [6.07, 6.45) is 5.63. The molecule has 120 valence electrons. The van der Waals surface area contributed by atoms with Gasteiger partial charge in [0.05, 0.1) is 5.54 Å². The lowest BCUT2D eigenvalue weighted by Gasteiger charge is -2.31. The van der Waals surface area contributed by atoms with Crippen LogP contribution in [-0.4, -0.2) is 31.2 Å². The summed E-state index contributed by atoms with van der Waals surface area (Å²) in [5, 5.41) is 2.99. The number of hydrogen-bond acceptors (Lipinski definition) is 4. The number of nitrogens with one attached hydrogen (secondary N) is 1. The third-order valence-electron chi connectivity index (χ3n) is 4.50. The molecule has 1 aliphatic carbocycles. The van der Waals surface area contributed by atoms with E-state index >= 15 is 0 Å². The second kappa shape index (κ2) is 6.57. The molecular formula is C17H24N2O3. The van der Waals surface area contributed by atoms with E-state index in [4.69, 9.17) is 15.2 Å². The average molecular weight is 304 g/mol. The second-order valence-corrected chi connectivity index (χ2v) is 6.20. The molecule has 1 aliphatic heterocycles. The molecule has 0 atom stereocenters. The van der Waals surface area contributed by atoms with Gasteiger partial charge in [0.2, 0.25) is 5.91 Å². The second-order valence-electron chi connectivity index (χ2n) is 6.20. The Labute approximate surface area is 131 Å². The summed E-state index contributed by atoms with van der Waals surface area (Å²) in [5.74, 6) is 1.57. The van der Waals surface area contributed by atoms with Gasteiger partial charge in [-0.3, -0.25) is 4.79 Å². The fraction of sp³-hybridized carbons (Fsp3) is 0.588. The van der Waals surface area contributed by atoms with Crippen LogP contribution in [0.15, 0.2) is 18.2 Å². The van der Waals surface area contributed by atoms with Gasteiger partial charge in [0, 0.05) is 6.54 Å². The van der Waals surface area contributed by atoms with Crippen molar-refractivity contribution in [1.82, 2.24) is 5.32 Å². The van der Waals surface area contributed by atoms with Gasteiger partial charge < -0.3 is 20.5 Å². The fourth-order valence-corrected chi connectivity index (χ4v) is 3.15. The molecule has 1 aromatic rings. The molecule has 0 spiro atoms. The average Bonchev–Trinajstić information content (AvgIpc) is 2.55. The number of ether oxygens (including phenoxy) is 2. The third kappa shape index (κ3) is 3.35. The van der Waals surface area contributed by atoms with Crippen LogP contribution in [0, 0.1) is 0 Å². The maximum Gasteiger partial charge on any atom is 0.240 e. The lowest BCUT2D eigenvalue weighted by molar-refractivity contribution is -0.127. The van der Waals surface area contributed by atoms with Gasteiger partial charge in [-0.15, -0.1) is 0 Å². The number of carbonyl (C=O) groups is 1. The van der Waals surface area contributed by atoms with Gasteiger partial charge in [-0.05, 0) is 37.0 Å². The Bertz CT molecular complexity index is 539. The molecule has 1 amide bonds. The Hall–Kier alpha value is -1.75. The van der Waals surface area contributed by atoms with Crippen molar-refractivity contribution >= 4 is 5.91 Å². The number of rotatable bonds is 4. The minimum Gasteiger partial charge on any atom is -0.486 e. The summed E-state index contributed by atoms with van der Waals surface area (Å²) in [7, 11) is 0. The van der Waals surface area contributed by atoms with Gasteiger partial charge in [-0.1, -0.05) is 25.3 Å². The molecule has 5 heteroatoms. The SMILES string of the molecule is NC1(C(=O)NCCc2ccc3c(c2)OCCO3)CCCCC1. The van der Waals surface area contributed by atoms with Gasteiger partial charge in [0.25, 0.3) is 0 Å². The zero-order chi connectivity index (χ0) is 15.4.